The number of carbonyl (C=O) groups is 3. The summed E-state index contributed by atoms with van der Waals surface area (Å²) in [4.78, 5) is 33.6. The number of carbonyl (C=O) groups excluding carboxylic acids is 3. The molecule has 1 amide bonds. The molecule has 0 aliphatic carbocycles. The lowest BCUT2D eigenvalue weighted by Gasteiger charge is -2.23. The van der Waals surface area contributed by atoms with Gasteiger partial charge in [0.25, 0.3) is 5.78 Å². The first-order valence-electron chi connectivity index (χ1n) is 6.29. The molecule has 0 radical (unpaired) electrons. The van der Waals surface area contributed by atoms with Crippen molar-refractivity contribution >= 4 is 17.5 Å². The van der Waals surface area contributed by atoms with Gasteiger partial charge in [0, 0.05) is 13.0 Å². The fourth-order valence-electron chi connectivity index (χ4n) is 1.46. The van der Waals surface area contributed by atoms with E-state index in [1.54, 1.807) is 0 Å². The lowest BCUT2D eigenvalue weighted by molar-refractivity contribution is -0.203. The second-order valence-electron chi connectivity index (χ2n) is 5.22. The van der Waals surface area contributed by atoms with Gasteiger partial charge in [-0.25, -0.2) is 0 Å². The summed E-state index contributed by atoms with van der Waals surface area (Å²) in [7, 11) is 0. The summed E-state index contributed by atoms with van der Waals surface area (Å²) in [5, 5.41) is 10.6. The summed E-state index contributed by atoms with van der Waals surface area (Å²) in [6.07, 6.45) is -14.6. The molecular weight excluding hydrogens is 336 g/mol. The zero-order chi connectivity index (χ0) is 18.6. The molecule has 23 heavy (non-hydrogen) atoms. The Bertz CT molecular complexity index is 469. The third-order valence-electron chi connectivity index (χ3n) is 2.89. The van der Waals surface area contributed by atoms with Crippen molar-refractivity contribution in [2.24, 2.45) is 5.41 Å². The number of amides is 1. The number of hydrogen-bond acceptors (Lipinski definition) is 4. The fourth-order valence-corrected chi connectivity index (χ4v) is 1.46. The minimum Gasteiger partial charge on any atom is -0.377 e. The molecule has 2 N–H and O–H groups in total. The van der Waals surface area contributed by atoms with Gasteiger partial charge >= 0.3 is 12.4 Å². The molecule has 0 spiro atoms. The Hall–Kier alpha value is -1.65. The van der Waals surface area contributed by atoms with Crippen LogP contribution in [0.25, 0.3) is 0 Å². The Balaban J connectivity index is 4.42. The molecule has 0 fully saturated rings. The molecule has 0 aromatic carbocycles. The van der Waals surface area contributed by atoms with E-state index in [9.17, 15) is 40.7 Å². The van der Waals surface area contributed by atoms with Gasteiger partial charge in [-0.2, -0.15) is 26.3 Å². The topological polar surface area (TPSA) is 83.5 Å². The number of aliphatic hydroxyl groups excluding tert-OH is 1. The molecular formula is C12H15F6NO4. The van der Waals surface area contributed by atoms with Gasteiger partial charge in [0.2, 0.25) is 12.0 Å². The van der Waals surface area contributed by atoms with Crippen molar-refractivity contribution in [3.05, 3.63) is 0 Å². The lowest BCUT2D eigenvalue weighted by Crippen LogP contribution is -2.48. The number of hydrogen-bond donors (Lipinski definition) is 2. The van der Waals surface area contributed by atoms with E-state index < -0.39 is 54.3 Å². The largest absolute Gasteiger partial charge is 0.451 e. The molecule has 0 saturated heterocycles. The number of alkyl halides is 6. The molecule has 1 unspecified atom stereocenters. The van der Waals surface area contributed by atoms with Crippen LogP contribution in [0.3, 0.4) is 0 Å². The average Bonchev–Trinajstić information content (AvgIpc) is 2.38. The zero-order valence-electron chi connectivity index (χ0n) is 12.1. The van der Waals surface area contributed by atoms with Gasteiger partial charge in [0.15, 0.2) is 5.78 Å². The third kappa shape index (κ3) is 6.16. The van der Waals surface area contributed by atoms with E-state index in [4.69, 9.17) is 5.11 Å². The molecule has 5 nitrogen and oxygen atoms in total. The van der Waals surface area contributed by atoms with Crippen LogP contribution in [0.15, 0.2) is 0 Å². The summed E-state index contributed by atoms with van der Waals surface area (Å²) in [6.45, 7) is 1.07. The van der Waals surface area contributed by atoms with Crippen molar-refractivity contribution in [3.8, 4) is 0 Å². The van der Waals surface area contributed by atoms with Crippen LogP contribution >= 0.6 is 0 Å². The maximum atomic E-state index is 12.3. The van der Waals surface area contributed by atoms with Crippen molar-refractivity contribution in [1.29, 1.82) is 0 Å². The molecule has 0 rings (SSSR count). The van der Waals surface area contributed by atoms with Crippen molar-refractivity contribution in [1.82, 2.24) is 5.32 Å². The number of rotatable bonds is 7. The van der Waals surface area contributed by atoms with E-state index in [2.05, 4.69) is 0 Å². The third-order valence-corrected chi connectivity index (χ3v) is 2.89. The van der Waals surface area contributed by atoms with Gasteiger partial charge in [0.1, 0.15) is 5.41 Å². The van der Waals surface area contributed by atoms with Crippen LogP contribution in [0.2, 0.25) is 0 Å². The first-order chi connectivity index (χ1) is 10.1. The van der Waals surface area contributed by atoms with Crippen molar-refractivity contribution in [2.75, 3.05) is 6.54 Å². The first kappa shape index (κ1) is 21.4. The molecule has 134 valence electrons. The van der Waals surface area contributed by atoms with Gasteiger partial charge in [0.05, 0.1) is 0 Å². The summed E-state index contributed by atoms with van der Waals surface area (Å²) in [6, 6.07) is 0. The van der Waals surface area contributed by atoms with Crippen molar-refractivity contribution < 1.29 is 45.8 Å². The number of halogens is 6. The SMILES string of the molecule is CC(C)(C(=O)NCCCC(=O)C(O)C(F)(F)F)C(=O)C(F)(F)F. The van der Waals surface area contributed by atoms with Gasteiger partial charge in [-0.15, -0.1) is 0 Å². The predicted molar refractivity (Wildman–Crippen MR) is 64.2 cm³/mol. The quantitative estimate of drug-likeness (QED) is 0.414. The van der Waals surface area contributed by atoms with E-state index >= 15 is 0 Å². The van der Waals surface area contributed by atoms with E-state index in [0.29, 0.717) is 0 Å². The second kappa shape index (κ2) is 7.28. The first-order valence-corrected chi connectivity index (χ1v) is 6.29. The van der Waals surface area contributed by atoms with E-state index in [0.717, 1.165) is 13.8 Å². The van der Waals surface area contributed by atoms with E-state index in [1.165, 1.54) is 0 Å². The van der Waals surface area contributed by atoms with Gasteiger partial charge in [-0.3, -0.25) is 14.4 Å². The highest BCUT2D eigenvalue weighted by molar-refractivity contribution is 6.07. The predicted octanol–water partition coefficient (Wildman–Crippen LogP) is 1.53. The highest BCUT2D eigenvalue weighted by Crippen LogP contribution is 2.29. The monoisotopic (exact) mass is 351 g/mol. The number of ketones is 2. The highest BCUT2D eigenvalue weighted by atomic mass is 19.4. The van der Waals surface area contributed by atoms with Crippen LogP contribution in [0.1, 0.15) is 26.7 Å². The zero-order valence-corrected chi connectivity index (χ0v) is 12.1. The molecule has 0 heterocycles. The molecule has 0 aromatic rings. The summed E-state index contributed by atoms with van der Waals surface area (Å²) < 4.78 is 72.9. The van der Waals surface area contributed by atoms with E-state index in [1.807, 2.05) is 5.32 Å². The minimum atomic E-state index is -5.21. The van der Waals surface area contributed by atoms with Crippen LogP contribution in [-0.4, -0.2) is 47.6 Å². The molecule has 0 aromatic heterocycles. The summed E-state index contributed by atoms with van der Waals surface area (Å²) >= 11 is 0. The molecule has 11 heteroatoms. The Kier molecular flexibility index (Phi) is 6.76. The molecule has 0 saturated carbocycles. The highest BCUT2D eigenvalue weighted by Gasteiger charge is 2.51. The van der Waals surface area contributed by atoms with Crippen LogP contribution in [0.5, 0.6) is 0 Å². The second-order valence-corrected chi connectivity index (χ2v) is 5.22. The standard InChI is InChI=1S/C12H15F6NO4/c1-10(2,8(22)12(16,17)18)9(23)19-5-3-4-6(20)7(21)11(13,14)15/h7,21H,3-5H2,1-2H3,(H,19,23). The smallest absolute Gasteiger partial charge is 0.377 e. The number of aliphatic hydroxyl groups is 1. The fraction of sp³-hybridized carbons (Fsp3) is 0.750. The van der Waals surface area contributed by atoms with Crippen molar-refractivity contribution in [2.45, 2.75) is 45.1 Å². The Morgan fingerprint density at radius 1 is 1.04 bits per heavy atom. The van der Waals surface area contributed by atoms with Crippen LogP contribution < -0.4 is 5.32 Å². The molecule has 0 aliphatic rings. The number of Topliss-reactive ketones (excluding diaryl/α,β-unsaturated/α-hetero) is 2. The summed E-state index contributed by atoms with van der Waals surface area (Å²) in [5.41, 5.74) is -2.41. The normalized spacial score (nSPS) is 14.3. The van der Waals surface area contributed by atoms with Gasteiger partial charge < -0.3 is 10.4 Å². The van der Waals surface area contributed by atoms with Crippen LogP contribution in [0, 0.1) is 5.41 Å². The van der Waals surface area contributed by atoms with Gasteiger partial charge in [-0.1, -0.05) is 0 Å². The van der Waals surface area contributed by atoms with Crippen LogP contribution in [-0.2, 0) is 14.4 Å². The maximum Gasteiger partial charge on any atom is 0.451 e. The lowest BCUT2D eigenvalue weighted by atomic mass is 9.86. The minimum absolute atomic E-state index is 0.339. The molecule has 0 aliphatic heterocycles. The van der Waals surface area contributed by atoms with Gasteiger partial charge in [-0.05, 0) is 20.3 Å². The van der Waals surface area contributed by atoms with Crippen molar-refractivity contribution in [3.63, 3.8) is 0 Å². The maximum absolute atomic E-state index is 12.3. The number of nitrogens with one attached hydrogen (secondary N) is 1. The molecule has 0 bridgehead atoms. The average molecular weight is 351 g/mol. The summed E-state index contributed by atoms with van der Waals surface area (Å²) in [5.74, 6) is -5.08. The van der Waals surface area contributed by atoms with Crippen LogP contribution in [0.4, 0.5) is 26.3 Å². The Morgan fingerprint density at radius 2 is 1.52 bits per heavy atom. The Labute approximate surface area is 127 Å². The molecule has 1 atom stereocenters. The van der Waals surface area contributed by atoms with E-state index in [-0.39, 0.29) is 6.42 Å². The Morgan fingerprint density at radius 3 is 1.91 bits per heavy atom.